The van der Waals surface area contributed by atoms with Crippen molar-refractivity contribution in [2.24, 2.45) is 0 Å². The number of fused-ring (bicyclic) bond motifs is 2. The van der Waals surface area contributed by atoms with Crippen molar-refractivity contribution in [1.29, 1.82) is 0 Å². The predicted molar refractivity (Wildman–Crippen MR) is 69.1 cm³/mol. The quantitative estimate of drug-likeness (QED) is 0.520. The smallest absolute Gasteiger partial charge is 0.180 e. The second kappa shape index (κ2) is 4.84. The molecule has 6 nitrogen and oxygen atoms in total. The molecule has 0 bridgehead atoms. The summed E-state index contributed by atoms with van der Waals surface area (Å²) in [6.07, 6.45) is 6.51. The summed E-state index contributed by atoms with van der Waals surface area (Å²) in [5.41, 5.74) is 4.24. The van der Waals surface area contributed by atoms with E-state index in [2.05, 4.69) is 29.9 Å². The second-order valence-electron chi connectivity index (χ2n) is 3.34. The summed E-state index contributed by atoms with van der Waals surface area (Å²) < 4.78 is 1.15. The van der Waals surface area contributed by atoms with Gasteiger partial charge in [-0.15, -0.1) is 11.3 Å². The molecule has 88 valence electrons. The third-order valence-corrected chi connectivity index (χ3v) is 2.99. The zero-order valence-corrected chi connectivity index (χ0v) is 10.0. The summed E-state index contributed by atoms with van der Waals surface area (Å²) in [6.45, 7) is 0. The zero-order valence-electron chi connectivity index (χ0n) is 9.19. The fraction of sp³-hybridized carbons (Fsp3) is 0. The molecule has 0 spiro atoms. The number of aromatic nitrogens is 6. The molecule has 7 heteroatoms. The Hall–Kier alpha value is -2.41. The number of hydrogen-bond acceptors (Lipinski definition) is 6. The van der Waals surface area contributed by atoms with Crippen LogP contribution in [0.15, 0.2) is 42.7 Å². The number of imidazole rings is 1. The van der Waals surface area contributed by atoms with E-state index in [4.69, 9.17) is 0 Å². The molecule has 0 aliphatic heterocycles. The second-order valence-corrected chi connectivity index (χ2v) is 4.23. The van der Waals surface area contributed by atoms with Gasteiger partial charge < -0.3 is 4.98 Å². The van der Waals surface area contributed by atoms with Crippen molar-refractivity contribution >= 4 is 32.8 Å². The first-order chi connectivity index (χ1) is 8.93. The SMILES string of the molecule is c1cnc2ncsc2c1.c1ncc2[nH]cnc2n1. The Morgan fingerprint density at radius 1 is 1.06 bits per heavy atom. The Morgan fingerprint density at radius 2 is 2.06 bits per heavy atom. The Kier molecular flexibility index (Phi) is 2.89. The van der Waals surface area contributed by atoms with E-state index in [1.165, 1.54) is 6.33 Å². The minimum Gasteiger partial charge on any atom is -0.342 e. The highest BCUT2D eigenvalue weighted by Gasteiger charge is 1.92. The fourth-order valence-corrected chi connectivity index (χ4v) is 2.03. The molecule has 4 rings (SSSR count). The van der Waals surface area contributed by atoms with Gasteiger partial charge in [-0.05, 0) is 12.1 Å². The molecule has 1 N–H and O–H groups in total. The number of rotatable bonds is 0. The molecule has 4 aromatic heterocycles. The fourth-order valence-electron chi connectivity index (χ4n) is 1.40. The lowest BCUT2D eigenvalue weighted by Crippen LogP contribution is -1.76. The maximum absolute atomic E-state index is 4.04. The number of nitrogens with one attached hydrogen (secondary N) is 1. The van der Waals surface area contributed by atoms with Crippen molar-refractivity contribution in [3.05, 3.63) is 42.7 Å². The molecule has 4 aromatic rings. The van der Waals surface area contributed by atoms with Crippen LogP contribution in [-0.2, 0) is 0 Å². The Labute approximate surface area is 106 Å². The summed E-state index contributed by atoms with van der Waals surface area (Å²) in [5, 5.41) is 0. The van der Waals surface area contributed by atoms with Gasteiger partial charge >= 0.3 is 0 Å². The van der Waals surface area contributed by atoms with Crippen molar-refractivity contribution in [1.82, 2.24) is 29.9 Å². The number of aromatic amines is 1. The van der Waals surface area contributed by atoms with E-state index in [0.29, 0.717) is 5.65 Å². The highest BCUT2D eigenvalue weighted by Crippen LogP contribution is 2.12. The molecule has 0 fully saturated rings. The van der Waals surface area contributed by atoms with Gasteiger partial charge in [0.2, 0.25) is 0 Å². The summed E-state index contributed by atoms with van der Waals surface area (Å²) in [7, 11) is 0. The van der Waals surface area contributed by atoms with Crippen molar-refractivity contribution in [3.63, 3.8) is 0 Å². The van der Waals surface area contributed by atoms with Crippen molar-refractivity contribution in [3.8, 4) is 0 Å². The van der Waals surface area contributed by atoms with Gasteiger partial charge in [0, 0.05) is 6.20 Å². The summed E-state index contributed by atoms with van der Waals surface area (Å²) in [4.78, 5) is 22.6. The molecule has 0 unspecified atom stereocenters. The molecule has 0 amide bonds. The van der Waals surface area contributed by atoms with E-state index < -0.39 is 0 Å². The number of nitrogens with zero attached hydrogens (tertiary/aromatic N) is 5. The maximum atomic E-state index is 4.04. The number of H-pyrrole nitrogens is 1. The van der Waals surface area contributed by atoms with E-state index in [1.807, 2.05) is 12.1 Å². The molecule has 0 radical (unpaired) electrons. The van der Waals surface area contributed by atoms with Crippen LogP contribution >= 0.6 is 11.3 Å². The van der Waals surface area contributed by atoms with Crippen LogP contribution in [-0.4, -0.2) is 29.9 Å². The largest absolute Gasteiger partial charge is 0.342 e. The van der Waals surface area contributed by atoms with Crippen molar-refractivity contribution in [2.45, 2.75) is 0 Å². The summed E-state index contributed by atoms with van der Waals surface area (Å²) in [6, 6.07) is 3.93. The van der Waals surface area contributed by atoms with E-state index >= 15 is 0 Å². The number of thiazole rings is 1. The molecule has 0 atom stereocenters. The lowest BCUT2D eigenvalue weighted by molar-refractivity contribution is 1.20. The standard InChI is InChI=1S/C6H4N2S.C5H4N4/c1-2-5-6(7-3-1)8-4-9-5;1-4-5(8-2-6-1)9-3-7-4/h1-4H;1-3H,(H,6,7,8,9). The lowest BCUT2D eigenvalue weighted by Gasteiger charge is -1.80. The average molecular weight is 256 g/mol. The van der Waals surface area contributed by atoms with E-state index in [-0.39, 0.29) is 0 Å². The molecule has 0 aliphatic rings. The molecule has 4 heterocycles. The zero-order chi connectivity index (χ0) is 12.2. The van der Waals surface area contributed by atoms with Crippen LogP contribution in [0.4, 0.5) is 0 Å². The molecule has 0 saturated heterocycles. The Morgan fingerprint density at radius 3 is 2.94 bits per heavy atom. The minimum absolute atomic E-state index is 0.713. The number of pyridine rings is 1. The van der Waals surface area contributed by atoms with Crippen LogP contribution in [0.2, 0.25) is 0 Å². The van der Waals surface area contributed by atoms with Gasteiger partial charge in [-0.25, -0.2) is 24.9 Å². The van der Waals surface area contributed by atoms with Crippen LogP contribution in [0.25, 0.3) is 21.5 Å². The molecular weight excluding hydrogens is 248 g/mol. The summed E-state index contributed by atoms with van der Waals surface area (Å²) >= 11 is 1.61. The van der Waals surface area contributed by atoms with Gasteiger partial charge in [0.1, 0.15) is 11.8 Å². The van der Waals surface area contributed by atoms with E-state index in [0.717, 1.165) is 15.9 Å². The first-order valence-corrected chi connectivity index (χ1v) is 6.05. The Balaban J connectivity index is 0.000000111. The normalized spacial score (nSPS) is 10.2. The Bertz CT molecular complexity index is 636. The van der Waals surface area contributed by atoms with Crippen LogP contribution in [0.1, 0.15) is 0 Å². The van der Waals surface area contributed by atoms with Crippen LogP contribution in [0.3, 0.4) is 0 Å². The van der Waals surface area contributed by atoms with Gasteiger partial charge in [0.25, 0.3) is 0 Å². The highest BCUT2D eigenvalue weighted by molar-refractivity contribution is 7.16. The lowest BCUT2D eigenvalue weighted by atomic mass is 10.5. The molecule has 0 saturated carbocycles. The molecule has 0 aromatic carbocycles. The van der Waals surface area contributed by atoms with Gasteiger partial charge in [-0.2, -0.15) is 0 Å². The van der Waals surface area contributed by atoms with Gasteiger partial charge in [-0.3, -0.25) is 0 Å². The minimum atomic E-state index is 0.713. The average Bonchev–Trinajstić information content (AvgIpc) is 3.08. The van der Waals surface area contributed by atoms with E-state index in [9.17, 15) is 0 Å². The van der Waals surface area contributed by atoms with Gasteiger partial charge in [-0.1, -0.05) is 0 Å². The molecule has 0 aliphatic carbocycles. The molecular formula is C11H8N6S. The topological polar surface area (TPSA) is 80.2 Å². The van der Waals surface area contributed by atoms with Crippen LogP contribution < -0.4 is 0 Å². The van der Waals surface area contributed by atoms with Crippen molar-refractivity contribution < 1.29 is 0 Å². The van der Waals surface area contributed by atoms with Gasteiger partial charge in [0.15, 0.2) is 11.3 Å². The first kappa shape index (κ1) is 10.7. The highest BCUT2D eigenvalue weighted by atomic mass is 32.1. The summed E-state index contributed by atoms with van der Waals surface area (Å²) in [5.74, 6) is 0. The predicted octanol–water partition coefficient (Wildman–Crippen LogP) is 2.04. The van der Waals surface area contributed by atoms with Crippen LogP contribution in [0.5, 0.6) is 0 Å². The third-order valence-electron chi connectivity index (χ3n) is 2.20. The third kappa shape index (κ3) is 2.16. The van der Waals surface area contributed by atoms with Crippen LogP contribution in [0, 0.1) is 0 Å². The first-order valence-electron chi connectivity index (χ1n) is 5.17. The maximum Gasteiger partial charge on any atom is 0.180 e. The monoisotopic (exact) mass is 256 g/mol. The molecule has 18 heavy (non-hydrogen) atoms. The number of hydrogen-bond donors (Lipinski definition) is 1. The van der Waals surface area contributed by atoms with E-state index in [1.54, 1.807) is 35.6 Å². The van der Waals surface area contributed by atoms with Gasteiger partial charge in [0.05, 0.1) is 22.7 Å². The van der Waals surface area contributed by atoms with Crippen molar-refractivity contribution in [2.75, 3.05) is 0 Å².